The fraction of sp³-hybridized carbons (Fsp3) is 0.385. The van der Waals surface area contributed by atoms with Crippen molar-refractivity contribution in [1.82, 2.24) is 5.32 Å². The lowest BCUT2D eigenvalue weighted by atomic mass is 10.1. The number of alkyl halides is 1. The summed E-state index contributed by atoms with van der Waals surface area (Å²) in [5, 5.41) is 11.6. The van der Waals surface area contributed by atoms with Crippen LogP contribution in [0.25, 0.3) is 0 Å². The summed E-state index contributed by atoms with van der Waals surface area (Å²) in [6.45, 7) is 2.01. The zero-order valence-corrected chi connectivity index (χ0v) is 10.5. The first-order valence-corrected chi connectivity index (χ1v) is 6.11. The molecule has 0 aromatic heterocycles. The van der Waals surface area contributed by atoms with Crippen LogP contribution in [-0.2, 0) is 0 Å². The molecule has 0 spiro atoms. The van der Waals surface area contributed by atoms with E-state index in [1.54, 1.807) is 24.3 Å². The van der Waals surface area contributed by atoms with Gasteiger partial charge in [0.15, 0.2) is 0 Å². The first kappa shape index (κ1) is 13.5. The topological polar surface area (TPSA) is 52.9 Å². The maximum absolute atomic E-state index is 11.9. The molecule has 17 heavy (non-hydrogen) atoms. The van der Waals surface area contributed by atoms with Crippen LogP contribution in [0, 0.1) is 11.3 Å². The van der Waals surface area contributed by atoms with E-state index in [0.717, 1.165) is 12.8 Å². The van der Waals surface area contributed by atoms with E-state index in [1.165, 1.54) is 0 Å². The Kier molecular flexibility index (Phi) is 5.51. The number of halogens is 1. The van der Waals surface area contributed by atoms with Crippen molar-refractivity contribution in [2.75, 3.05) is 5.88 Å². The maximum atomic E-state index is 11.9. The number of carbonyl (C=O) groups excluding carboxylic acids is 1. The number of hydrogen-bond donors (Lipinski definition) is 1. The molecule has 0 aliphatic carbocycles. The monoisotopic (exact) mass is 250 g/mol. The van der Waals surface area contributed by atoms with Gasteiger partial charge in [-0.25, -0.2) is 0 Å². The summed E-state index contributed by atoms with van der Waals surface area (Å²) in [4.78, 5) is 11.9. The molecule has 1 aromatic rings. The van der Waals surface area contributed by atoms with Crippen molar-refractivity contribution < 1.29 is 4.79 Å². The van der Waals surface area contributed by atoms with Gasteiger partial charge in [0.2, 0.25) is 0 Å². The van der Waals surface area contributed by atoms with Crippen molar-refractivity contribution >= 4 is 17.5 Å². The summed E-state index contributed by atoms with van der Waals surface area (Å²) in [5.41, 5.74) is 1.12. The number of amides is 1. The van der Waals surface area contributed by atoms with Crippen LogP contribution < -0.4 is 5.32 Å². The zero-order valence-electron chi connectivity index (χ0n) is 9.74. The smallest absolute Gasteiger partial charge is 0.251 e. The molecular formula is C13H15ClN2O. The van der Waals surface area contributed by atoms with Gasteiger partial charge >= 0.3 is 0 Å². The predicted octanol–water partition coefficient (Wildman–Crippen LogP) is 2.70. The lowest BCUT2D eigenvalue weighted by Gasteiger charge is -2.15. The molecule has 1 amide bonds. The fourth-order valence-electron chi connectivity index (χ4n) is 1.47. The minimum Gasteiger partial charge on any atom is -0.349 e. The molecule has 0 aliphatic rings. The highest BCUT2D eigenvalue weighted by Crippen LogP contribution is 2.06. The Hall–Kier alpha value is -1.53. The van der Waals surface area contributed by atoms with Gasteiger partial charge in [0, 0.05) is 17.5 Å². The molecule has 90 valence electrons. The van der Waals surface area contributed by atoms with Crippen LogP contribution >= 0.6 is 11.6 Å². The first-order chi connectivity index (χ1) is 8.21. The number of hydrogen-bond acceptors (Lipinski definition) is 2. The van der Waals surface area contributed by atoms with Gasteiger partial charge in [-0.1, -0.05) is 6.92 Å². The van der Waals surface area contributed by atoms with Gasteiger partial charge in [-0.2, -0.15) is 5.26 Å². The largest absolute Gasteiger partial charge is 0.349 e. The van der Waals surface area contributed by atoms with Crippen molar-refractivity contribution in [3.63, 3.8) is 0 Å². The van der Waals surface area contributed by atoms with Crippen LogP contribution in [0.1, 0.15) is 35.7 Å². The van der Waals surface area contributed by atoms with Gasteiger partial charge in [0.25, 0.3) is 5.91 Å². The van der Waals surface area contributed by atoms with Gasteiger partial charge in [-0.15, -0.1) is 11.6 Å². The SMILES string of the molecule is CCC(CCCl)NC(=O)c1ccc(C#N)cc1. The first-order valence-electron chi connectivity index (χ1n) is 5.58. The molecule has 1 aromatic carbocycles. The lowest BCUT2D eigenvalue weighted by molar-refractivity contribution is 0.0935. The van der Waals surface area contributed by atoms with Crippen LogP contribution in [0.3, 0.4) is 0 Å². The molecule has 1 rings (SSSR count). The van der Waals surface area contributed by atoms with Crippen LogP contribution in [-0.4, -0.2) is 17.8 Å². The fourth-order valence-corrected chi connectivity index (χ4v) is 1.74. The molecule has 3 nitrogen and oxygen atoms in total. The summed E-state index contributed by atoms with van der Waals surface area (Å²) in [6.07, 6.45) is 1.62. The second kappa shape index (κ2) is 6.93. The van der Waals surface area contributed by atoms with E-state index >= 15 is 0 Å². The average molecular weight is 251 g/mol. The third-order valence-electron chi connectivity index (χ3n) is 2.56. The second-order valence-corrected chi connectivity index (χ2v) is 4.12. The number of benzene rings is 1. The van der Waals surface area contributed by atoms with Gasteiger partial charge in [-0.05, 0) is 37.1 Å². The van der Waals surface area contributed by atoms with Gasteiger partial charge in [0.05, 0.1) is 11.6 Å². The molecule has 0 saturated carbocycles. The highest BCUT2D eigenvalue weighted by molar-refractivity contribution is 6.17. The summed E-state index contributed by atoms with van der Waals surface area (Å²) in [5.74, 6) is 0.415. The number of rotatable bonds is 5. The second-order valence-electron chi connectivity index (χ2n) is 3.75. The average Bonchev–Trinajstić information content (AvgIpc) is 2.38. The number of nitrogens with zero attached hydrogens (tertiary/aromatic N) is 1. The number of nitrogens with one attached hydrogen (secondary N) is 1. The van der Waals surface area contributed by atoms with Crippen molar-refractivity contribution in [2.45, 2.75) is 25.8 Å². The molecule has 1 N–H and O–H groups in total. The van der Waals surface area contributed by atoms with E-state index in [4.69, 9.17) is 16.9 Å². The van der Waals surface area contributed by atoms with Gasteiger partial charge < -0.3 is 5.32 Å². The third kappa shape index (κ3) is 4.08. The van der Waals surface area contributed by atoms with E-state index in [1.807, 2.05) is 13.0 Å². The molecular weight excluding hydrogens is 236 g/mol. The molecule has 1 unspecified atom stereocenters. The summed E-state index contributed by atoms with van der Waals surface area (Å²) in [6, 6.07) is 8.70. The highest BCUT2D eigenvalue weighted by atomic mass is 35.5. The van der Waals surface area contributed by atoms with Crippen molar-refractivity contribution in [2.24, 2.45) is 0 Å². The van der Waals surface area contributed by atoms with Crippen LogP contribution in [0.15, 0.2) is 24.3 Å². The van der Waals surface area contributed by atoms with Crippen LogP contribution in [0.2, 0.25) is 0 Å². The van der Waals surface area contributed by atoms with Crippen molar-refractivity contribution in [1.29, 1.82) is 5.26 Å². The summed E-state index contributed by atoms with van der Waals surface area (Å²) >= 11 is 5.66. The van der Waals surface area contributed by atoms with E-state index < -0.39 is 0 Å². The Morgan fingerprint density at radius 2 is 2.12 bits per heavy atom. The van der Waals surface area contributed by atoms with E-state index in [0.29, 0.717) is 17.0 Å². The lowest BCUT2D eigenvalue weighted by Crippen LogP contribution is -2.34. The predicted molar refractivity (Wildman–Crippen MR) is 68.0 cm³/mol. The minimum atomic E-state index is -0.119. The molecule has 1 atom stereocenters. The van der Waals surface area contributed by atoms with Gasteiger partial charge in [-0.3, -0.25) is 4.79 Å². The Bertz CT molecular complexity index is 408. The molecule has 0 heterocycles. The maximum Gasteiger partial charge on any atom is 0.251 e. The molecule has 0 radical (unpaired) electrons. The summed E-state index contributed by atoms with van der Waals surface area (Å²) < 4.78 is 0. The number of nitriles is 1. The normalized spacial score (nSPS) is 11.6. The van der Waals surface area contributed by atoms with E-state index in [-0.39, 0.29) is 11.9 Å². The zero-order chi connectivity index (χ0) is 12.7. The molecule has 0 fully saturated rings. The quantitative estimate of drug-likeness (QED) is 0.817. The molecule has 4 heteroatoms. The Labute approximate surface area is 106 Å². The molecule has 0 saturated heterocycles. The van der Waals surface area contributed by atoms with E-state index in [2.05, 4.69) is 5.32 Å². The van der Waals surface area contributed by atoms with Crippen LogP contribution in [0.5, 0.6) is 0 Å². The molecule has 0 aliphatic heterocycles. The Balaban J connectivity index is 2.66. The minimum absolute atomic E-state index is 0.107. The molecule has 0 bridgehead atoms. The van der Waals surface area contributed by atoms with E-state index in [9.17, 15) is 4.79 Å². The standard InChI is InChI=1S/C13H15ClN2O/c1-2-12(7-8-14)16-13(17)11-5-3-10(9-15)4-6-11/h3-6,12H,2,7-8H2,1H3,(H,16,17). The summed E-state index contributed by atoms with van der Waals surface area (Å²) in [7, 11) is 0. The number of carbonyl (C=O) groups is 1. The van der Waals surface area contributed by atoms with Gasteiger partial charge in [0.1, 0.15) is 0 Å². The van der Waals surface area contributed by atoms with Crippen LogP contribution in [0.4, 0.5) is 0 Å². The Morgan fingerprint density at radius 3 is 2.59 bits per heavy atom. The third-order valence-corrected chi connectivity index (χ3v) is 2.78. The highest BCUT2D eigenvalue weighted by Gasteiger charge is 2.11. The Morgan fingerprint density at radius 1 is 1.47 bits per heavy atom. The van der Waals surface area contributed by atoms with Crippen molar-refractivity contribution in [3.05, 3.63) is 35.4 Å². The van der Waals surface area contributed by atoms with Crippen molar-refractivity contribution in [3.8, 4) is 6.07 Å².